The van der Waals surface area contributed by atoms with E-state index in [0.29, 0.717) is 39.3 Å². The molecule has 2 aromatic rings. The largest absolute Gasteiger partial charge is 0.450 e. The van der Waals surface area contributed by atoms with Gasteiger partial charge in [-0.3, -0.25) is 9.69 Å². The van der Waals surface area contributed by atoms with Crippen molar-refractivity contribution in [3.8, 4) is 0 Å². The van der Waals surface area contributed by atoms with Crippen molar-refractivity contribution < 1.29 is 14.3 Å². The van der Waals surface area contributed by atoms with Crippen molar-refractivity contribution in [2.45, 2.75) is 13.0 Å². The molecule has 1 N–H and O–H groups in total. The van der Waals surface area contributed by atoms with Crippen LogP contribution in [-0.4, -0.2) is 61.1 Å². The highest BCUT2D eigenvalue weighted by Crippen LogP contribution is 2.25. The summed E-state index contributed by atoms with van der Waals surface area (Å²) >= 11 is 1.64. The molecule has 0 saturated carbocycles. The maximum Gasteiger partial charge on any atom is 0.409 e. The summed E-state index contributed by atoms with van der Waals surface area (Å²) in [7, 11) is 0. The summed E-state index contributed by atoms with van der Waals surface area (Å²) in [5.74, 6) is -0.0122. The van der Waals surface area contributed by atoms with Gasteiger partial charge in [-0.25, -0.2) is 4.79 Å². The number of hydrogen-bond acceptors (Lipinski definition) is 5. The molecule has 0 spiro atoms. The van der Waals surface area contributed by atoms with Crippen molar-refractivity contribution in [1.29, 1.82) is 0 Å². The Balaban J connectivity index is 1.56. The van der Waals surface area contributed by atoms with Gasteiger partial charge in [0.2, 0.25) is 5.91 Å². The van der Waals surface area contributed by atoms with Crippen molar-refractivity contribution in [2.75, 3.05) is 39.3 Å². The first-order chi connectivity index (χ1) is 13.2. The molecule has 2 amide bonds. The Labute approximate surface area is 163 Å². The minimum absolute atomic E-state index is 0.0122. The molecule has 1 fully saturated rings. The Morgan fingerprint density at radius 3 is 2.48 bits per heavy atom. The van der Waals surface area contributed by atoms with Crippen LogP contribution in [0, 0.1) is 0 Å². The predicted molar refractivity (Wildman–Crippen MR) is 106 cm³/mol. The van der Waals surface area contributed by atoms with Crippen LogP contribution in [0.15, 0.2) is 47.8 Å². The van der Waals surface area contributed by atoms with E-state index < -0.39 is 0 Å². The van der Waals surface area contributed by atoms with Gasteiger partial charge in [-0.2, -0.15) is 0 Å². The first-order valence-electron chi connectivity index (χ1n) is 9.19. The fraction of sp³-hybridized carbons (Fsp3) is 0.400. The molecule has 1 aromatic heterocycles. The quantitative estimate of drug-likeness (QED) is 0.828. The van der Waals surface area contributed by atoms with E-state index in [-0.39, 0.29) is 18.0 Å². The Morgan fingerprint density at radius 2 is 1.85 bits per heavy atom. The molecule has 3 rings (SSSR count). The fourth-order valence-corrected chi connectivity index (χ4v) is 3.94. The van der Waals surface area contributed by atoms with E-state index in [1.165, 1.54) is 0 Å². The van der Waals surface area contributed by atoms with Crippen molar-refractivity contribution in [1.82, 2.24) is 15.1 Å². The van der Waals surface area contributed by atoms with Gasteiger partial charge in [0.05, 0.1) is 19.2 Å². The van der Waals surface area contributed by atoms with Crippen LogP contribution in [0.4, 0.5) is 4.79 Å². The molecular weight excluding hydrogens is 362 g/mol. The van der Waals surface area contributed by atoms with Gasteiger partial charge in [0.1, 0.15) is 0 Å². The van der Waals surface area contributed by atoms with Crippen LogP contribution >= 0.6 is 11.3 Å². The average Bonchev–Trinajstić information content (AvgIpc) is 3.22. The van der Waals surface area contributed by atoms with Crippen LogP contribution in [0.5, 0.6) is 0 Å². The number of hydrogen-bond donors (Lipinski definition) is 1. The Kier molecular flexibility index (Phi) is 6.84. The van der Waals surface area contributed by atoms with Crippen molar-refractivity contribution in [3.05, 3.63) is 58.3 Å². The molecule has 2 heterocycles. The molecule has 144 valence electrons. The number of benzene rings is 1. The summed E-state index contributed by atoms with van der Waals surface area (Å²) in [5.41, 5.74) is 1.07. The molecule has 0 radical (unpaired) electrons. The van der Waals surface area contributed by atoms with Crippen molar-refractivity contribution in [3.63, 3.8) is 0 Å². The van der Waals surface area contributed by atoms with Gasteiger partial charge < -0.3 is 15.0 Å². The van der Waals surface area contributed by atoms with E-state index in [1.807, 2.05) is 47.8 Å². The fourth-order valence-electron chi connectivity index (χ4n) is 3.13. The lowest BCUT2D eigenvalue weighted by atomic mass is 10.1. The maximum atomic E-state index is 12.7. The van der Waals surface area contributed by atoms with Crippen LogP contribution < -0.4 is 5.32 Å². The number of carbonyl (C=O) groups excluding carboxylic acids is 2. The molecule has 1 atom stereocenters. The molecule has 6 nitrogen and oxygen atoms in total. The van der Waals surface area contributed by atoms with Gasteiger partial charge in [-0.1, -0.05) is 36.4 Å². The van der Waals surface area contributed by atoms with Gasteiger partial charge in [0.25, 0.3) is 0 Å². The molecule has 1 aliphatic heterocycles. The number of nitrogens with one attached hydrogen (secondary N) is 1. The van der Waals surface area contributed by atoms with Crippen LogP contribution in [0.3, 0.4) is 0 Å². The molecule has 1 aromatic carbocycles. The summed E-state index contributed by atoms with van der Waals surface area (Å²) < 4.78 is 5.03. The maximum absolute atomic E-state index is 12.7. The van der Waals surface area contributed by atoms with E-state index in [4.69, 9.17) is 4.74 Å². The number of ether oxygens (including phenoxy) is 1. The standard InChI is InChI=1S/C20H25N3O3S/c1-2-26-20(25)23-12-10-22(11-13-23)15-18(24)21-19(17-9-6-14-27-17)16-7-4-3-5-8-16/h3-9,14,19H,2,10-13,15H2,1H3,(H,21,24)/t19-/m0/s1. The molecule has 27 heavy (non-hydrogen) atoms. The normalized spacial score (nSPS) is 16.0. The third-order valence-corrected chi connectivity index (χ3v) is 5.47. The zero-order valence-electron chi connectivity index (χ0n) is 15.5. The Hall–Kier alpha value is -2.38. The monoisotopic (exact) mass is 387 g/mol. The van der Waals surface area contributed by atoms with E-state index in [2.05, 4.69) is 10.2 Å². The van der Waals surface area contributed by atoms with Crippen molar-refractivity contribution in [2.24, 2.45) is 0 Å². The van der Waals surface area contributed by atoms with Crippen molar-refractivity contribution >= 4 is 23.3 Å². The van der Waals surface area contributed by atoms with Crippen LogP contribution in [0.2, 0.25) is 0 Å². The SMILES string of the molecule is CCOC(=O)N1CCN(CC(=O)N[C@@H](c2ccccc2)c2cccs2)CC1. The molecule has 0 aliphatic carbocycles. The molecule has 1 saturated heterocycles. The van der Waals surface area contributed by atoms with Gasteiger partial charge >= 0.3 is 6.09 Å². The smallest absolute Gasteiger partial charge is 0.409 e. The topological polar surface area (TPSA) is 61.9 Å². The lowest BCUT2D eigenvalue weighted by Crippen LogP contribution is -2.51. The third-order valence-electron chi connectivity index (χ3n) is 4.53. The summed E-state index contributed by atoms with van der Waals surface area (Å²) in [6.07, 6.45) is -0.275. The zero-order valence-corrected chi connectivity index (χ0v) is 16.3. The second-order valence-electron chi connectivity index (χ2n) is 6.39. The molecule has 7 heteroatoms. The average molecular weight is 388 g/mol. The molecule has 0 bridgehead atoms. The Morgan fingerprint density at radius 1 is 1.11 bits per heavy atom. The number of rotatable bonds is 6. The lowest BCUT2D eigenvalue weighted by Gasteiger charge is -2.33. The van der Waals surface area contributed by atoms with Gasteiger partial charge in [0, 0.05) is 31.1 Å². The number of nitrogens with zero attached hydrogens (tertiary/aromatic N) is 2. The van der Waals surface area contributed by atoms with Crippen LogP contribution in [0.1, 0.15) is 23.4 Å². The minimum atomic E-state index is -0.275. The van der Waals surface area contributed by atoms with Crippen LogP contribution in [-0.2, 0) is 9.53 Å². The molecule has 1 aliphatic rings. The van der Waals surface area contributed by atoms with E-state index in [9.17, 15) is 9.59 Å². The number of amides is 2. The second kappa shape index (κ2) is 9.53. The molecular formula is C20H25N3O3S. The molecule has 0 unspecified atom stereocenters. The minimum Gasteiger partial charge on any atom is -0.450 e. The van der Waals surface area contributed by atoms with Crippen LogP contribution in [0.25, 0.3) is 0 Å². The first kappa shape index (κ1) is 19.4. The summed E-state index contributed by atoms with van der Waals surface area (Å²) in [4.78, 5) is 29.3. The highest BCUT2D eigenvalue weighted by molar-refractivity contribution is 7.10. The number of thiophene rings is 1. The second-order valence-corrected chi connectivity index (χ2v) is 7.37. The highest BCUT2D eigenvalue weighted by Gasteiger charge is 2.24. The lowest BCUT2D eigenvalue weighted by molar-refractivity contribution is -0.123. The van der Waals surface area contributed by atoms with Gasteiger partial charge in [-0.15, -0.1) is 11.3 Å². The number of carbonyl (C=O) groups is 2. The highest BCUT2D eigenvalue weighted by atomic mass is 32.1. The van der Waals surface area contributed by atoms with Gasteiger partial charge in [-0.05, 0) is 23.9 Å². The Bertz CT molecular complexity index is 728. The third kappa shape index (κ3) is 5.30. The predicted octanol–water partition coefficient (Wildman–Crippen LogP) is 2.73. The first-order valence-corrected chi connectivity index (χ1v) is 10.1. The zero-order chi connectivity index (χ0) is 19.1. The summed E-state index contributed by atoms with van der Waals surface area (Å²) in [5, 5.41) is 5.18. The summed E-state index contributed by atoms with van der Waals surface area (Å²) in [6.45, 7) is 5.01. The van der Waals surface area contributed by atoms with E-state index in [1.54, 1.807) is 23.2 Å². The van der Waals surface area contributed by atoms with E-state index in [0.717, 1.165) is 10.4 Å². The summed E-state index contributed by atoms with van der Waals surface area (Å²) in [6, 6.07) is 13.9. The van der Waals surface area contributed by atoms with E-state index >= 15 is 0 Å². The number of piperazine rings is 1. The van der Waals surface area contributed by atoms with Gasteiger partial charge in [0.15, 0.2) is 0 Å².